The van der Waals surface area contributed by atoms with E-state index in [4.69, 9.17) is 0 Å². The van der Waals surface area contributed by atoms with E-state index in [-0.39, 0.29) is 0 Å². The lowest BCUT2D eigenvalue weighted by Crippen LogP contribution is -2.12. The SMILES string of the molecule is Cc1nc(N(C)C)ccc1C1=NCCC1. The summed E-state index contributed by atoms with van der Waals surface area (Å²) in [7, 11) is 4.02. The minimum atomic E-state index is 0.976. The number of hydrogen-bond donors (Lipinski definition) is 0. The first-order valence-electron chi connectivity index (χ1n) is 5.37. The Morgan fingerprint density at radius 3 is 2.60 bits per heavy atom. The van der Waals surface area contributed by atoms with Crippen LogP contribution in [0.4, 0.5) is 5.82 Å². The quantitative estimate of drug-likeness (QED) is 0.736. The van der Waals surface area contributed by atoms with E-state index in [1.54, 1.807) is 0 Å². The molecule has 0 fully saturated rings. The van der Waals surface area contributed by atoms with Crippen LogP contribution >= 0.6 is 0 Å². The number of aromatic nitrogens is 1. The molecule has 0 aliphatic carbocycles. The molecule has 0 saturated carbocycles. The fourth-order valence-electron chi connectivity index (χ4n) is 1.86. The lowest BCUT2D eigenvalue weighted by Gasteiger charge is -2.13. The van der Waals surface area contributed by atoms with E-state index < -0.39 is 0 Å². The molecule has 0 saturated heterocycles. The van der Waals surface area contributed by atoms with Crippen LogP contribution in [0.2, 0.25) is 0 Å². The summed E-state index contributed by atoms with van der Waals surface area (Å²) in [5, 5.41) is 0. The van der Waals surface area contributed by atoms with Gasteiger partial charge >= 0.3 is 0 Å². The van der Waals surface area contributed by atoms with Crippen LogP contribution in [0.3, 0.4) is 0 Å². The van der Waals surface area contributed by atoms with E-state index in [0.717, 1.165) is 24.5 Å². The summed E-state index contributed by atoms with van der Waals surface area (Å²) in [6.07, 6.45) is 2.29. The van der Waals surface area contributed by atoms with E-state index in [9.17, 15) is 0 Å². The predicted octanol–water partition coefficient (Wildman–Crippen LogP) is 2.04. The number of hydrogen-bond acceptors (Lipinski definition) is 3. The average molecular weight is 203 g/mol. The van der Waals surface area contributed by atoms with Crippen LogP contribution in [0.5, 0.6) is 0 Å². The minimum Gasteiger partial charge on any atom is -0.363 e. The number of aliphatic imine (C=N–C) groups is 1. The van der Waals surface area contributed by atoms with Gasteiger partial charge in [0, 0.05) is 37.6 Å². The first-order chi connectivity index (χ1) is 7.18. The van der Waals surface area contributed by atoms with Crippen molar-refractivity contribution in [1.29, 1.82) is 0 Å². The smallest absolute Gasteiger partial charge is 0.128 e. The predicted molar refractivity (Wildman–Crippen MR) is 63.9 cm³/mol. The topological polar surface area (TPSA) is 28.5 Å². The van der Waals surface area contributed by atoms with Gasteiger partial charge in [0.2, 0.25) is 0 Å². The van der Waals surface area contributed by atoms with Crippen molar-refractivity contribution in [3.63, 3.8) is 0 Å². The van der Waals surface area contributed by atoms with Gasteiger partial charge in [-0.15, -0.1) is 0 Å². The molecule has 1 aromatic heterocycles. The van der Waals surface area contributed by atoms with Crippen LogP contribution in [-0.2, 0) is 0 Å². The number of aryl methyl sites for hydroxylation is 1. The van der Waals surface area contributed by atoms with Crippen molar-refractivity contribution in [2.24, 2.45) is 4.99 Å². The van der Waals surface area contributed by atoms with Crippen molar-refractivity contribution < 1.29 is 0 Å². The van der Waals surface area contributed by atoms with Gasteiger partial charge in [-0.2, -0.15) is 0 Å². The molecule has 3 nitrogen and oxygen atoms in total. The minimum absolute atomic E-state index is 0.976. The van der Waals surface area contributed by atoms with Gasteiger partial charge in [-0.25, -0.2) is 4.98 Å². The van der Waals surface area contributed by atoms with Gasteiger partial charge in [0.05, 0.1) is 0 Å². The maximum absolute atomic E-state index is 4.56. The third-order valence-corrected chi connectivity index (χ3v) is 2.71. The summed E-state index contributed by atoms with van der Waals surface area (Å²) >= 11 is 0. The summed E-state index contributed by atoms with van der Waals surface area (Å²) < 4.78 is 0. The Kier molecular flexibility index (Phi) is 2.71. The van der Waals surface area contributed by atoms with Gasteiger partial charge in [-0.3, -0.25) is 4.99 Å². The highest BCUT2D eigenvalue weighted by molar-refractivity contribution is 6.02. The van der Waals surface area contributed by atoms with E-state index in [1.807, 2.05) is 19.0 Å². The molecule has 0 unspecified atom stereocenters. The Labute approximate surface area is 90.9 Å². The van der Waals surface area contributed by atoms with Crippen LogP contribution in [0.25, 0.3) is 0 Å². The fourth-order valence-corrected chi connectivity index (χ4v) is 1.86. The number of nitrogens with zero attached hydrogens (tertiary/aromatic N) is 3. The molecule has 15 heavy (non-hydrogen) atoms. The molecule has 1 aliphatic heterocycles. The second-order valence-electron chi connectivity index (χ2n) is 4.13. The van der Waals surface area contributed by atoms with Crippen LogP contribution in [0, 0.1) is 6.92 Å². The molecule has 0 aromatic carbocycles. The van der Waals surface area contributed by atoms with Crippen LogP contribution in [-0.4, -0.2) is 31.3 Å². The second kappa shape index (κ2) is 4.01. The zero-order valence-corrected chi connectivity index (χ0v) is 9.62. The van der Waals surface area contributed by atoms with Crippen LogP contribution in [0.15, 0.2) is 17.1 Å². The highest BCUT2D eigenvalue weighted by atomic mass is 15.1. The van der Waals surface area contributed by atoms with Gasteiger partial charge in [0.1, 0.15) is 5.82 Å². The van der Waals surface area contributed by atoms with Gasteiger partial charge in [0.15, 0.2) is 0 Å². The summed E-state index contributed by atoms with van der Waals surface area (Å²) in [5.74, 6) is 1.01. The number of pyridine rings is 1. The molecule has 1 aliphatic rings. The fraction of sp³-hybridized carbons (Fsp3) is 0.500. The average Bonchev–Trinajstić information content (AvgIpc) is 2.70. The standard InChI is InChI=1S/C12H17N3/c1-9-10(11-5-4-8-13-11)6-7-12(14-9)15(2)3/h6-7H,4-5,8H2,1-3H3. The Bertz CT molecular complexity index is 394. The van der Waals surface area contributed by atoms with Crippen molar-refractivity contribution in [1.82, 2.24) is 4.98 Å². The zero-order valence-electron chi connectivity index (χ0n) is 9.62. The van der Waals surface area contributed by atoms with Crippen molar-refractivity contribution in [3.8, 4) is 0 Å². The van der Waals surface area contributed by atoms with Gasteiger partial charge in [0.25, 0.3) is 0 Å². The molecule has 0 bridgehead atoms. The van der Waals surface area contributed by atoms with E-state index in [0.29, 0.717) is 0 Å². The largest absolute Gasteiger partial charge is 0.363 e. The van der Waals surface area contributed by atoms with Crippen molar-refractivity contribution in [2.45, 2.75) is 19.8 Å². The Morgan fingerprint density at radius 2 is 2.07 bits per heavy atom. The van der Waals surface area contributed by atoms with Crippen molar-refractivity contribution >= 4 is 11.5 Å². The van der Waals surface area contributed by atoms with Gasteiger partial charge in [-0.05, 0) is 31.9 Å². The molecule has 2 rings (SSSR count). The molecular formula is C12H17N3. The molecule has 2 heterocycles. The molecule has 0 radical (unpaired) electrons. The van der Waals surface area contributed by atoms with E-state index in [2.05, 4.69) is 29.0 Å². The molecular weight excluding hydrogens is 186 g/mol. The lowest BCUT2D eigenvalue weighted by atomic mass is 10.1. The maximum Gasteiger partial charge on any atom is 0.128 e. The summed E-state index contributed by atoms with van der Waals surface area (Å²) in [5.41, 5.74) is 3.53. The molecule has 1 aromatic rings. The summed E-state index contributed by atoms with van der Waals surface area (Å²) in [6.45, 7) is 3.04. The molecule has 0 atom stereocenters. The van der Waals surface area contributed by atoms with Crippen molar-refractivity contribution in [2.75, 3.05) is 25.5 Å². The first kappa shape index (κ1) is 10.1. The maximum atomic E-state index is 4.56. The molecule has 3 heteroatoms. The monoisotopic (exact) mass is 203 g/mol. The third kappa shape index (κ3) is 2.01. The Morgan fingerprint density at radius 1 is 1.27 bits per heavy atom. The molecule has 0 N–H and O–H groups in total. The summed E-state index contributed by atoms with van der Waals surface area (Å²) in [4.78, 5) is 11.1. The molecule has 0 amide bonds. The van der Waals surface area contributed by atoms with E-state index in [1.165, 1.54) is 17.7 Å². The highest BCUT2D eigenvalue weighted by Gasteiger charge is 2.12. The second-order valence-corrected chi connectivity index (χ2v) is 4.13. The van der Waals surface area contributed by atoms with Crippen molar-refractivity contribution in [3.05, 3.63) is 23.4 Å². The number of anilines is 1. The van der Waals surface area contributed by atoms with E-state index >= 15 is 0 Å². The normalized spacial score (nSPS) is 15.3. The van der Waals surface area contributed by atoms with Gasteiger partial charge < -0.3 is 4.90 Å². The summed E-state index contributed by atoms with van der Waals surface area (Å²) in [6, 6.07) is 4.20. The van der Waals surface area contributed by atoms with Crippen LogP contribution in [0.1, 0.15) is 24.1 Å². The molecule has 0 spiro atoms. The Hall–Kier alpha value is -1.38. The first-order valence-corrected chi connectivity index (χ1v) is 5.37. The zero-order chi connectivity index (χ0) is 10.8. The van der Waals surface area contributed by atoms with Crippen LogP contribution < -0.4 is 4.90 Å². The van der Waals surface area contributed by atoms with Gasteiger partial charge in [-0.1, -0.05) is 0 Å². The molecule has 80 valence electrons. The Balaban J connectivity index is 2.34. The number of rotatable bonds is 2. The lowest BCUT2D eigenvalue weighted by molar-refractivity contribution is 0.950. The highest BCUT2D eigenvalue weighted by Crippen LogP contribution is 2.18. The third-order valence-electron chi connectivity index (χ3n) is 2.71.